The lowest BCUT2D eigenvalue weighted by Crippen LogP contribution is -2.14. The van der Waals surface area contributed by atoms with Crippen LogP contribution in [0, 0.1) is 5.41 Å². The Labute approximate surface area is 73.6 Å². The molecule has 0 amide bonds. The Kier molecular flexibility index (Phi) is 3.26. The Morgan fingerprint density at radius 3 is 2.82 bits per heavy atom. The molecule has 0 aromatic rings. The molecule has 2 unspecified atom stereocenters. The van der Waals surface area contributed by atoms with Gasteiger partial charge in [0.15, 0.2) is 0 Å². The second-order valence-electron chi connectivity index (χ2n) is 3.95. The van der Waals surface area contributed by atoms with E-state index in [1.807, 2.05) is 11.8 Å². The first-order valence-corrected chi connectivity index (χ1v) is 5.73. The van der Waals surface area contributed by atoms with Crippen molar-refractivity contribution in [1.29, 1.82) is 0 Å². The molecule has 2 atom stereocenters. The van der Waals surface area contributed by atoms with Crippen molar-refractivity contribution in [1.82, 2.24) is 0 Å². The maximum Gasteiger partial charge on any atom is 0.0545 e. The third-order valence-electron chi connectivity index (χ3n) is 2.72. The third-order valence-corrected chi connectivity index (χ3v) is 3.33. The van der Waals surface area contributed by atoms with Crippen molar-refractivity contribution in [2.24, 2.45) is 5.41 Å². The molecule has 0 heterocycles. The van der Waals surface area contributed by atoms with Crippen LogP contribution in [-0.2, 0) is 0 Å². The fourth-order valence-electron chi connectivity index (χ4n) is 1.86. The van der Waals surface area contributed by atoms with E-state index in [0.717, 1.165) is 12.8 Å². The van der Waals surface area contributed by atoms with Gasteiger partial charge in [0.2, 0.25) is 0 Å². The van der Waals surface area contributed by atoms with Gasteiger partial charge in [-0.3, -0.25) is 0 Å². The lowest BCUT2D eigenvalue weighted by Gasteiger charge is -2.22. The molecule has 2 heteroatoms. The highest BCUT2D eigenvalue weighted by Gasteiger charge is 2.33. The van der Waals surface area contributed by atoms with Crippen molar-refractivity contribution in [3.8, 4) is 0 Å². The Hall–Kier alpha value is 0.310. The minimum Gasteiger partial charge on any atom is -0.393 e. The van der Waals surface area contributed by atoms with Crippen LogP contribution in [0.25, 0.3) is 0 Å². The molecule has 0 saturated heterocycles. The van der Waals surface area contributed by atoms with Crippen LogP contribution in [0.15, 0.2) is 0 Å². The standard InChI is InChI=1S/C9H18OS/c1-9(5-6-11-2)4-3-8(10)7-9/h8,10H,3-7H2,1-2H3. The van der Waals surface area contributed by atoms with Crippen LogP contribution in [0.3, 0.4) is 0 Å². The van der Waals surface area contributed by atoms with Crippen LogP contribution in [-0.4, -0.2) is 23.2 Å². The summed E-state index contributed by atoms with van der Waals surface area (Å²) in [6.45, 7) is 2.31. The van der Waals surface area contributed by atoms with Crippen LogP contribution in [0.4, 0.5) is 0 Å². The molecule has 1 aliphatic carbocycles. The summed E-state index contributed by atoms with van der Waals surface area (Å²) in [5, 5.41) is 9.36. The first-order valence-electron chi connectivity index (χ1n) is 4.33. The van der Waals surface area contributed by atoms with Crippen molar-refractivity contribution in [2.45, 2.75) is 38.7 Å². The van der Waals surface area contributed by atoms with Gasteiger partial charge in [-0.15, -0.1) is 0 Å². The van der Waals surface area contributed by atoms with Crippen molar-refractivity contribution in [3.63, 3.8) is 0 Å². The molecule has 0 aromatic heterocycles. The van der Waals surface area contributed by atoms with Gasteiger partial charge in [0.25, 0.3) is 0 Å². The molecule has 1 rings (SSSR count). The number of hydrogen-bond acceptors (Lipinski definition) is 2. The van der Waals surface area contributed by atoms with Gasteiger partial charge in [0.1, 0.15) is 0 Å². The van der Waals surface area contributed by atoms with E-state index in [2.05, 4.69) is 13.2 Å². The summed E-state index contributed by atoms with van der Waals surface area (Å²) < 4.78 is 0. The number of aliphatic hydroxyl groups is 1. The summed E-state index contributed by atoms with van der Waals surface area (Å²) >= 11 is 1.91. The van der Waals surface area contributed by atoms with Gasteiger partial charge < -0.3 is 5.11 Å². The second kappa shape index (κ2) is 3.81. The number of hydrogen-bond donors (Lipinski definition) is 1. The molecule has 0 spiro atoms. The van der Waals surface area contributed by atoms with E-state index in [1.54, 1.807) is 0 Å². The molecule has 0 bridgehead atoms. The van der Waals surface area contributed by atoms with E-state index in [9.17, 15) is 5.11 Å². The lowest BCUT2D eigenvalue weighted by molar-refractivity contribution is 0.163. The summed E-state index contributed by atoms with van der Waals surface area (Å²) in [5.74, 6) is 1.24. The van der Waals surface area contributed by atoms with Crippen molar-refractivity contribution in [3.05, 3.63) is 0 Å². The van der Waals surface area contributed by atoms with E-state index in [1.165, 1.54) is 18.6 Å². The summed E-state index contributed by atoms with van der Waals surface area (Å²) in [6, 6.07) is 0. The Morgan fingerprint density at radius 1 is 1.64 bits per heavy atom. The number of aliphatic hydroxyl groups excluding tert-OH is 1. The lowest BCUT2D eigenvalue weighted by atomic mass is 9.86. The zero-order valence-electron chi connectivity index (χ0n) is 7.47. The van der Waals surface area contributed by atoms with E-state index in [4.69, 9.17) is 0 Å². The van der Waals surface area contributed by atoms with Gasteiger partial charge in [-0.25, -0.2) is 0 Å². The van der Waals surface area contributed by atoms with Crippen LogP contribution in [0.1, 0.15) is 32.6 Å². The topological polar surface area (TPSA) is 20.2 Å². The van der Waals surface area contributed by atoms with Crippen LogP contribution in [0.2, 0.25) is 0 Å². The Morgan fingerprint density at radius 2 is 2.36 bits per heavy atom. The minimum atomic E-state index is -0.0122. The SMILES string of the molecule is CSCCC1(C)CCC(O)C1. The smallest absolute Gasteiger partial charge is 0.0545 e. The molecule has 1 N–H and O–H groups in total. The van der Waals surface area contributed by atoms with E-state index < -0.39 is 0 Å². The van der Waals surface area contributed by atoms with E-state index in [-0.39, 0.29) is 6.10 Å². The third kappa shape index (κ3) is 2.68. The molecular formula is C9H18OS. The zero-order chi connectivity index (χ0) is 8.32. The van der Waals surface area contributed by atoms with E-state index >= 15 is 0 Å². The molecule has 1 aliphatic rings. The van der Waals surface area contributed by atoms with Crippen molar-refractivity contribution in [2.75, 3.05) is 12.0 Å². The summed E-state index contributed by atoms with van der Waals surface area (Å²) in [6.07, 6.45) is 6.66. The molecule has 0 aromatic carbocycles. The predicted octanol–water partition coefficient (Wildman–Crippen LogP) is 2.29. The molecule has 0 aliphatic heterocycles. The van der Waals surface area contributed by atoms with Crippen LogP contribution < -0.4 is 0 Å². The summed E-state index contributed by atoms with van der Waals surface area (Å²) in [4.78, 5) is 0. The monoisotopic (exact) mass is 174 g/mol. The molecule has 0 radical (unpaired) electrons. The average molecular weight is 174 g/mol. The highest BCUT2D eigenvalue weighted by atomic mass is 32.2. The molecule has 1 fully saturated rings. The highest BCUT2D eigenvalue weighted by molar-refractivity contribution is 7.98. The van der Waals surface area contributed by atoms with Gasteiger partial charge >= 0.3 is 0 Å². The molecule has 11 heavy (non-hydrogen) atoms. The average Bonchev–Trinajstić information content (AvgIpc) is 2.28. The fourth-order valence-corrected chi connectivity index (χ4v) is 2.56. The van der Waals surface area contributed by atoms with Crippen LogP contribution >= 0.6 is 11.8 Å². The van der Waals surface area contributed by atoms with Crippen molar-refractivity contribution >= 4 is 11.8 Å². The quantitative estimate of drug-likeness (QED) is 0.708. The van der Waals surface area contributed by atoms with Gasteiger partial charge in [0, 0.05) is 0 Å². The second-order valence-corrected chi connectivity index (χ2v) is 4.94. The normalized spacial score (nSPS) is 37.9. The fraction of sp³-hybridized carbons (Fsp3) is 1.00. The molecule has 66 valence electrons. The maximum atomic E-state index is 9.36. The van der Waals surface area contributed by atoms with Crippen molar-refractivity contribution < 1.29 is 5.11 Å². The Balaban J connectivity index is 2.29. The highest BCUT2D eigenvalue weighted by Crippen LogP contribution is 2.41. The van der Waals surface area contributed by atoms with Gasteiger partial charge in [-0.05, 0) is 43.1 Å². The van der Waals surface area contributed by atoms with Gasteiger partial charge in [0.05, 0.1) is 6.10 Å². The summed E-state index contributed by atoms with van der Waals surface area (Å²) in [7, 11) is 0. The minimum absolute atomic E-state index is 0.0122. The van der Waals surface area contributed by atoms with E-state index in [0.29, 0.717) is 5.41 Å². The predicted molar refractivity (Wildman–Crippen MR) is 51.0 cm³/mol. The Bertz CT molecular complexity index is 127. The van der Waals surface area contributed by atoms with Gasteiger partial charge in [-0.2, -0.15) is 11.8 Å². The molecule has 1 saturated carbocycles. The first-order chi connectivity index (χ1) is 5.16. The zero-order valence-corrected chi connectivity index (χ0v) is 8.28. The summed E-state index contributed by atoms with van der Waals surface area (Å²) in [5.41, 5.74) is 0.447. The molecular weight excluding hydrogens is 156 g/mol. The van der Waals surface area contributed by atoms with Gasteiger partial charge in [-0.1, -0.05) is 6.92 Å². The number of thioether (sulfide) groups is 1. The van der Waals surface area contributed by atoms with Crippen LogP contribution in [0.5, 0.6) is 0 Å². The maximum absolute atomic E-state index is 9.36. The number of rotatable bonds is 3. The first kappa shape index (κ1) is 9.40. The molecule has 1 nitrogen and oxygen atoms in total. The largest absolute Gasteiger partial charge is 0.393 e.